The Morgan fingerprint density at radius 2 is 0.525 bits per heavy atom. The number of aryl methyl sites for hydroxylation is 16. The van der Waals surface area contributed by atoms with Gasteiger partial charge in [-0.3, -0.25) is 18.3 Å². The van der Waals surface area contributed by atoms with E-state index in [-0.39, 0.29) is 0 Å². The fraction of sp³-hybridized carbons (Fsp3) is 0.216. The van der Waals surface area contributed by atoms with E-state index in [1.54, 1.807) is 0 Å². The molecule has 2 atom stereocenters. The maximum absolute atomic E-state index is 2.36. The Balaban J connectivity index is 0.000000160. The zero-order chi connectivity index (χ0) is 57.2. The summed E-state index contributed by atoms with van der Waals surface area (Å²) in [6, 6.07) is 64.9. The number of nitrogens with zero attached hydrogens (tertiary/aromatic N) is 4. The Morgan fingerprint density at radius 1 is 0.300 bits per heavy atom. The van der Waals surface area contributed by atoms with Crippen molar-refractivity contribution in [3.05, 3.63) is 296 Å². The number of rotatable bonds is 8. The molecule has 2 aromatic heterocycles. The maximum atomic E-state index is 2.36. The molecule has 0 spiro atoms. The molecule has 0 amide bonds. The lowest BCUT2D eigenvalue weighted by Gasteiger charge is -2.31. The average molecular weight is 1050 g/mol. The summed E-state index contributed by atoms with van der Waals surface area (Å²) in [5.74, 6) is 0. The van der Waals surface area contributed by atoms with E-state index in [1.807, 2.05) is 72.8 Å². The lowest BCUT2D eigenvalue weighted by Crippen LogP contribution is -2.66. The molecule has 0 saturated carbocycles. The molecule has 0 radical (unpaired) electrons. The molecule has 80 heavy (non-hydrogen) atoms. The monoisotopic (exact) mass is 1050 g/mol. The molecule has 2 aliphatic rings. The van der Waals surface area contributed by atoms with Crippen molar-refractivity contribution in [1.82, 2.24) is 9.13 Å². The fourth-order valence-electron chi connectivity index (χ4n) is 14.9. The van der Waals surface area contributed by atoms with Gasteiger partial charge >= 0.3 is 0 Å². The molecule has 4 heterocycles. The smallest absolute Gasteiger partial charge is 0.197 e. The van der Waals surface area contributed by atoms with Crippen LogP contribution < -0.4 is 31.5 Å². The largest absolute Gasteiger partial charge is 0.272 e. The molecule has 0 saturated heterocycles. The number of aromatic nitrogens is 4. The highest BCUT2D eigenvalue weighted by Crippen LogP contribution is 2.57. The molecular weight excluding hydrogens is 966 g/mol. The quantitative estimate of drug-likeness (QED) is 0.107. The topological polar surface area (TPSA) is 17.6 Å². The summed E-state index contributed by atoms with van der Waals surface area (Å²) in [6.07, 6.45) is 6.29. The first-order valence-electron chi connectivity index (χ1n) is 28.6. The van der Waals surface area contributed by atoms with Gasteiger partial charge in [0.05, 0.1) is 39.6 Å². The molecule has 0 unspecified atom stereocenters. The lowest BCUT2D eigenvalue weighted by molar-refractivity contribution is -0.653. The van der Waals surface area contributed by atoms with Gasteiger partial charge in [0.25, 0.3) is 0 Å². The van der Waals surface area contributed by atoms with Crippen LogP contribution in [0.2, 0.25) is 0 Å². The van der Waals surface area contributed by atoms with Gasteiger partial charge in [-0.15, -0.1) is 0 Å². The minimum Gasteiger partial charge on any atom is -0.272 e. The van der Waals surface area contributed by atoms with Gasteiger partial charge in [-0.1, -0.05) is 249 Å². The van der Waals surface area contributed by atoms with E-state index in [1.165, 1.54) is 133 Å². The molecule has 404 valence electrons. The molecule has 6 heteroatoms. The SMILES string of the molecule is Cc1cc(C)c(C2=C(c3ccccc3)[B@-]2(c2c(C)cc(C)cc2C)c2n(C)cc[n+]2C)c(C)c1.Cc1cc(C)c(C2=C(c3ccccc3)[B@@-]2(c2c(C)cc(C)cc2C)c2n(C)cc[n+]2C)c(C)c1.c1ccccc1.c1ccccc1. The van der Waals surface area contributed by atoms with E-state index in [9.17, 15) is 0 Å². The normalized spacial score (nSPS) is 16.0. The number of hydrogen-bond acceptors (Lipinski definition) is 0. The number of benzene rings is 8. The Bertz CT molecular complexity index is 3490. The van der Waals surface area contributed by atoms with Crippen LogP contribution in [0.25, 0.3) is 21.9 Å². The lowest BCUT2D eigenvalue weighted by atomic mass is 9.26. The second-order valence-electron chi connectivity index (χ2n) is 23.4. The zero-order valence-electron chi connectivity index (χ0n) is 50.6. The van der Waals surface area contributed by atoms with Crippen molar-refractivity contribution in [3.63, 3.8) is 0 Å². The first kappa shape index (κ1) is 56.5. The van der Waals surface area contributed by atoms with Crippen molar-refractivity contribution in [2.75, 3.05) is 0 Å². The Labute approximate surface area is 479 Å². The summed E-state index contributed by atoms with van der Waals surface area (Å²) < 4.78 is 9.36. The van der Waals surface area contributed by atoms with Crippen LogP contribution in [0.5, 0.6) is 0 Å². The summed E-state index contributed by atoms with van der Waals surface area (Å²) in [7, 11) is 8.80. The first-order valence-corrected chi connectivity index (χ1v) is 28.6. The van der Waals surface area contributed by atoms with Crippen molar-refractivity contribution < 1.29 is 9.13 Å². The van der Waals surface area contributed by atoms with Crippen molar-refractivity contribution in [3.8, 4) is 0 Å². The maximum Gasteiger partial charge on any atom is 0.197 e. The third-order valence-electron chi connectivity index (χ3n) is 17.1. The second-order valence-corrected chi connectivity index (χ2v) is 23.4. The van der Waals surface area contributed by atoms with Crippen molar-refractivity contribution in [1.29, 1.82) is 0 Å². The minimum atomic E-state index is -1.25. The summed E-state index contributed by atoms with van der Waals surface area (Å²) in [5.41, 5.74) is 33.5. The predicted octanol–water partition coefficient (Wildman–Crippen LogP) is 13.3. The first-order chi connectivity index (χ1) is 38.3. The van der Waals surface area contributed by atoms with Crippen LogP contribution in [0.4, 0.5) is 0 Å². The van der Waals surface area contributed by atoms with Crippen LogP contribution >= 0.6 is 0 Å². The Hall–Kier alpha value is -8.21. The van der Waals surface area contributed by atoms with Crippen molar-refractivity contribution >= 4 is 56.6 Å². The summed E-state index contributed by atoms with van der Waals surface area (Å²) >= 11 is 0. The van der Waals surface area contributed by atoms with Gasteiger partial charge in [-0.25, -0.2) is 21.9 Å². The van der Waals surface area contributed by atoms with E-state index in [0.717, 1.165) is 0 Å². The molecule has 0 bridgehead atoms. The molecule has 8 aromatic carbocycles. The van der Waals surface area contributed by atoms with Gasteiger partial charge in [0.1, 0.15) is 24.8 Å². The third kappa shape index (κ3) is 10.4. The molecule has 0 aliphatic carbocycles. The zero-order valence-corrected chi connectivity index (χ0v) is 50.6. The highest BCUT2D eigenvalue weighted by molar-refractivity contribution is 7.39. The summed E-state index contributed by atoms with van der Waals surface area (Å²) in [6.45, 7) is 27.1. The van der Waals surface area contributed by atoms with Gasteiger partial charge in [0.2, 0.25) is 0 Å². The van der Waals surface area contributed by atoms with Gasteiger partial charge in [-0.05, 0) is 105 Å². The Kier molecular flexibility index (Phi) is 16.4. The average Bonchev–Trinajstić information content (AvgIpc) is 4.33. The predicted molar refractivity (Wildman–Crippen MR) is 345 cm³/mol. The standard InChI is InChI=1S/2C31H35BN2.2C6H6/c2*1-20-16-22(3)27(23(4)17-20)30-29(26-12-10-9-11-13-26)32(30,31-33(7)14-15-34(31)8)28-24(5)18-21(2)19-25(28)6;2*1-2-4-6-5-3-1/h2*9-19H,1-8H3;2*1-6H/t2*32-;;/m10../s1. The van der Waals surface area contributed by atoms with Crippen LogP contribution in [-0.2, 0) is 28.2 Å². The van der Waals surface area contributed by atoms with Gasteiger partial charge in [0.15, 0.2) is 12.3 Å². The van der Waals surface area contributed by atoms with Crippen LogP contribution in [0.15, 0.2) is 207 Å². The molecule has 2 aliphatic heterocycles. The highest BCUT2D eigenvalue weighted by atomic mass is 15.1. The summed E-state index contributed by atoms with van der Waals surface area (Å²) in [5, 5.41) is 0. The Morgan fingerprint density at radius 3 is 0.750 bits per heavy atom. The van der Waals surface area contributed by atoms with Crippen LogP contribution in [0.3, 0.4) is 0 Å². The molecule has 0 N–H and O–H groups in total. The second kappa shape index (κ2) is 23.2. The molecule has 0 fully saturated rings. The fourth-order valence-corrected chi connectivity index (χ4v) is 14.9. The van der Waals surface area contributed by atoms with E-state index >= 15 is 0 Å². The molecule has 10 aromatic rings. The minimum absolute atomic E-state index is 1.25. The van der Waals surface area contributed by atoms with Gasteiger partial charge < -0.3 is 0 Å². The van der Waals surface area contributed by atoms with E-state index in [2.05, 4.69) is 264 Å². The highest BCUT2D eigenvalue weighted by Gasteiger charge is 2.57. The van der Waals surface area contributed by atoms with E-state index in [4.69, 9.17) is 0 Å². The van der Waals surface area contributed by atoms with Gasteiger partial charge in [0, 0.05) is 0 Å². The molecular formula is C74H82B2N4. The number of imidazole rings is 2. The van der Waals surface area contributed by atoms with Crippen LogP contribution in [0, 0.1) is 83.1 Å². The van der Waals surface area contributed by atoms with E-state index in [0.29, 0.717) is 0 Å². The van der Waals surface area contributed by atoms with Gasteiger partial charge in [-0.2, -0.15) is 10.9 Å². The van der Waals surface area contributed by atoms with Crippen LogP contribution in [0.1, 0.15) is 89.0 Å². The molecule has 12 rings (SSSR count). The van der Waals surface area contributed by atoms with E-state index < -0.39 is 12.3 Å². The van der Waals surface area contributed by atoms with Crippen molar-refractivity contribution in [2.45, 2.75) is 83.1 Å². The van der Waals surface area contributed by atoms with Crippen molar-refractivity contribution in [2.24, 2.45) is 28.2 Å². The van der Waals surface area contributed by atoms with Crippen LogP contribution in [-0.4, -0.2) is 21.4 Å². The third-order valence-corrected chi connectivity index (χ3v) is 17.1. The molecule has 4 nitrogen and oxygen atoms in total. The number of hydrogen-bond donors (Lipinski definition) is 0. The summed E-state index contributed by atoms with van der Waals surface area (Å²) in [4.78, 5) is 0.